The molecule has 8 nitrogen and oxygen atoms in total. The lowest BCUT2D eigenvalue weighted by Crippen LogP contribution is -2.53. The molecule has 2 aliphatic heterocycles. The largest absolute Gasteiger partial charge is 0.375 e. The number of ether oxygens (including phenoxy) is 2. The molecule has 3 heterocycles. The van der Waals surface area contributed by atoms with E-state index in [1.165, 1.54) is 0 Å². The SMILES string of the molecule is CN=C(NCCCc1nc(C(C)C)no1)N1CCOC(C2CCCO2)C1. The number of hydrogen-bond acceptors (Lipinski definition) is 6. The number of aryl methyl sites for hydroxylation is 1. The third-order valence-electron chi connectivity index (χ3n) is 4.84. The molecule has 1 aromatic rings. The fourth-order valence-electron chi connectivity index (χ4n) is 3.36. The molecule has 2 aliphatic rings. The highest BCUT2D eigenvalue weighted by Crippen LogP contribution is 2.21. The normalized spacial score (nSPS) is 24.5. The van der Waals surface area contributed by atoms with E-state index in [0.717, 1.165) is 63.7 Å². The van der Waals surface area contributed by atoms with Crippen LogP contribution in [-0.2, 0) is 15.9 Å². The molecule has 2 unspecified atom stereocenters. The Kier molecular flexibility index (Phi) is 6.85. The molecule has 0 bridgehead atoms. The van der Waals surface area contributed by atoms with Gasteiger partial charge in [0.15, 0.2) is 11.8 Å². The lowest BCUT2D eigenvalue weighted by molar-refractivity contribution is -0.0816. The Morgan fingerprint density at radius 2 is 2.15 bits per heavy atom. The predicted octanol–water partition coefficient (Wildman–Crippen LogP) is 1.58. The zero-order valence-corrected chi connectivity index (χ0v) is 16.1. The van der Waals surface area contributed by atoms with E-state index >= 15 is 0 Å². The van der Waals surface area contributed by atoms with Crippen molar-refractivity contribution in [3.63, 3.8) is 0 Å². The van der Waals surface area contributed by atoms with Gasteiger partial charge < -0.3 is 24.2 Å². The quantitative estimate of drug-likeness (QED) is 0.465. The van der Waals surface area contributed by atoms with Gasteiger partial charge in [-0.2, -0.15) is 4.98 Å². The van der Waals surface area contributed by atoms with Crippen LogP contribution in [0.4, 0.5) is 0 Å². The van der Waals surface area contributed by atoms with Crippen LogP contribution in [-0.4, -0.2) is 73.1 Å². The van der Waals surface area contributed by atoms with Gasteiger partial charge in [0.2, 0.25) is 5.89 Å². The van der Waals surface area contributed by atoms with Crippen molar-refractivity contribution >= 4 is 5.96 Å². The van der Waals surface area contributed by atoms with Gasteiger partial charge in [0.25, 0.3) is 0 Å². The molecular formula is C18H31N5O3. The molecule has 2 saturated heterocycles. The molecule has 0 spiro atoms. The van der Waals surface area contributed by atoms with Gasteiger partial charge in [-0.1, -0.05) is 19.0 Å². The minimum atomic E-state index is 0.137. The van der Waals surface area contributed by atoms with Crippen molar-refractivity contribution in [1.29, 1.82) is 0 Å². The third-order valence-corrected chi connectivity index (χ3v) is 4.84. The van der Waals surface area contributed by atoms with Crippen LogP contribution in [0.1, 0.15) is 50.7 Å². The van der Waals surface area contributed by atoms with Gasteiger partial charge >= 0.3 is 0 Å². The number of aliphatic imine (C=N–C) groups is 1. The van der Waals surface area contributed by atoms with Crippen molar-refractivity contribution < 1.29 is 14.0 Å². The van der Waals surface area contributed by atoms with Crippen LogP contribution in [0.25, 0.3) is 0 Å². The second-order valence-electron chi connectivity index (χ2n) is 7.19. The maximum atomic E-state index is 5.91. The number of guanidine groups is 1. The van der Waals surface area contributed by atoms with Crippen LogP contribution in [0.2, 0.25) is 0 Å². The first kappa shape index (κ1) is 19.1. The number of rotatable bonds is 6. The number of hydrogen-bond donors (Lipinski definition) is 1. The zero-order valence-electron chi connectivity index (χ0n) is 16.1. The third kappa shape index (κ3) is 4.94. The maximum absolute atomic E-state index is 5.91. The Bertz CT molecular complexity index is 583. The highest BCUT2D eigenvalue weighted by molar-refractivity contribution is 5.80. The molecule has 1 N–H and O–H groups in total. The van der Waals surface area contributed by atoms with E-state index in [-0.39, 0.29) is 12.2 Å². The summed E-state index contributed by atoms with van der Waals surface area (Å²) in [6.07, 6.45) is 4.27. The summed E-state index contributed by atoms with van der Waals surface area (Å²) in [7, 11) is 1.83. The summed E-state index contributed by atoms with van der Waals surface area (Å²) in [6.45, 7) is 8.18. The van der Waals surface area contributed by atoms with E-state index < -0.39 is 0 Å². The van der Waals surface area contributed by atoms with Crippen molar-refractivity contribution in [2.75, 3.05) is 39.9 Å². The average molecular weight is 365 g/mol. The van der Waals surface area contributed by atoms with Gasteiger partial charge in [-0.3, -0.25) is 4.99 Å². The van der Waals surface area contributed by atoms with E-state index in [4.69, 9.17) is 14.0 Å². The van der Waals surface area contributed by atoms with E-state index in [1.54, 1.807) is 0 Å². The molecule has 3 rings (SSSR count). The molecule has 1 aromatic heterocycles. The first-order valence-electron chi connectivity index (χ1n) is 9.68. The van der Waals surface area contributed by atoms with Gasteiger partial charge in [0.05, 0.1) is 12.7 Å². The second kappa shape index (κ2) is 9.32. The van der Waals surface area contributed by atoms with Gasteiger partial charge in [0.1, 0.15) is 6.10 Å². The van der Waals surface area contributed by atoms with Crippen LogP contribution >= 0.6 is 0 Å². The van der Waals surface area contributed by atoms with E-state index in [9.17, 15) is 0 Å². The Labute approximate surface area is 155 Å². The smallest absolute Gasteiger partial charge is 0.226 e. The molecule has 0 radical (unpaired) electrons. The molecule has 0 aliphatic carbocycles. The Hall–Kier alpha value is -1.67. The second-order valence-corrected chi connectivity index (χ2v) is 7.19. The van der Waals surface area contributed by atoms with E-state index in [1.807, 2.05) is 7.05 Å². The first-order chi connectivity index (χ1) is 12.7. The van der Waals surface area contributed by atoms with Crippen LogP contribution < -0.4 is 5.32 Å². The fraction of sp³-hybridized carbons (Fsp3) is 0.833. The Balaban J connectivity index is 1.42. The highest BCUT2D eigenvalue weighted by Gasteiger charge is 2.32. The van der Waals surface area contributed by atoms with Gasteiger partial charge in [0, 0.05) is 45.6 Å². The van der Waals surface area contributed by atoms with Crippen molar-refractivity contribution in [3.8, 4) is 0 Å². The summed E-state index contributed by atoms with van der Waals surface area (Å²) in [6, 6.07) is 0. The molecule has 0 saturated carbocycles. The van der Waals surface area contributed by atoms with Crippen LogP contribution in [0, 0.1) is 0 Å². The van der Waals surface area contributed by atoms with Gasteiger partial charge in [-0.15, -0.1) is 0 Å². The number of nitrogens with zero attached hydrogens (tertiary/aromatic N) is 4. The van der Waals surface area contributed by atoms with Crippen molar-refractivity contribution in [3.05, 3.63) is 11.7 Å². The van der Waals surface area contributed by atoms with Gasteiger partial charge in [-0.05, 0) is 19.3 Å². The fourth-order valence-corrected chi connectivity index (χ4v) is 3.36. The molecule has 146 valence electrons. The number of morpholine rings is 1. The van der Waals surface area contributed by atoms with Crippen LogP contribution in [0.5, 0.6) is 0 Å². The Morgan fingerprint density at radius 1 is 1.31 bits per heavy atom. The molecule has 26 heavy (non-hydrogen) atoms. The summed E-state index contributed by atoms with van der Waals surface area (Å²) >= 11 is 0. The summed E-state index contributed by atoms with van der Waals surface area (Å²) in [5.41, 5.74) is 0. The summed E-state index contributed by atoms with van der Waals surface area (Å²) in [5, 5.41) is 7.44. The minimum absolute atomic E-state index is 0.137. The molecule has 2 fully saturated rings. The number of aromatic nitrogens is 2. The molecular weight excluding hydrogens is 334 g/mol. The lowest BCUT2D eigenvalue weighted by atomic mass is 10.1. The standard InChI is InChI=1S/C18H31N5O3/c1-13(2)17-21-16(26-22-17)7-4-8-20-18(19-3)23-9-11-25-15(12-23)14-6-5-10-24-14/h13-15H,4-12H2,1-3H3,(H,19,20). The maximum Gasteiger partial charge on any atom is 0.226 e. The summed E-state index contributed by atoms with van der Waals surface area (Å²) < 4.78 is 17.0. The van der Waals surface area contributed by atoms with Gasteiger partial charge in [-0.25, -0.2) is 0 Å². The van der Waals surface area contributed by atoms with E-state index in [2.05, 4.69) is 39.2 Å². The highest BCUT2D eigenvalue weighted by atomic mass is 16.5. The first-order valence-corrected chi connectivity index (χ1v) is 9.68. The minimum Gasteiger partial charge on any atom is -0.375 e. The number of nitrogens with one attached hydrogen (secondary N) is 1. The van der Waals surface area contributed by atoms with Crippen LogP contribution in [0.3, 0.4) is 0 Å². The lowest BCUT2D eigenvalue weighted by Gasteiger charge is -2.37. The monoisotopic (exact) mass is 365 g/mol. The average Bonchev–Trinajstić information content (AvgIpc) is 3.34. The summed E-state index contributed by atoms with van der Waals surface area (Å²) in [5.74, 6) is 2.69. The molecule has 2 atom stereocenters. The van der Waals surface area contributed by atoms with E-state index in [0.29, 0.717) is 18.4 Å². The van der Waals surface area contributed by atoms with Crippen molar-refractivity contribution in [2.24, 2.45) is 4.99 Å². The molecule has 8 heteroatoms. The predicted molar refractivity (Wildman–Crippen MR) is 98.4 cm³/mol. The topological polar surface area (TPSA) is 85.0 Å². The Morgan fingerprint density at radius 3 is 2.85 bits per heavy atom. The zero-order chi connectivity index (χ0) is 18.4. The summed E-state index contributed by atoms with van der Waals surface area (Å²) in [4.78, 5) is 11.1. The molecule has 0 amide bonds. The van der Waals surface area contributed by atoms with Crippen molar-refractivity contribution in [1.82, 2.24) is 20.4 Å². The molecule has 0 aromatic carbocycles. The van der Waals surface area contributed by atoms with Crippen LogP contribution in [0.15, 0.2) is 9.52 Å². The van der Waals surface area contributed by atoms with Crippen molar-refractivity contribution in [2.45, 2.75) is 57.7 Å².